The SMILES string of the molecule is CCCCCC[C@@H]1CC(=O)C=C2CC[C@@H]3[C@H](CC[C@]4(C)C(=O)CC[C@@H]34)[C@]21C. The van der Waals surface area contributed by atoms with Crippen molar-refractivity contribution in [2.75, 3.05) is 0 Å². The number of carbonyl (C=O) groups excluding carboxylic acids is 2. The third-order valence-electron chi connectivity index (χ3n) is 9.39. The first-order valence-corrected chi connectivity index (χ1v) is 11.7. The lowest BCUT2D eigenvalue weighted by atomic mass is 9.45. The van der Waals surface area contributed by atoms with Crippen molar-refractivity contribution in [2.24, 2.45) is 34.5 Å². The van der Waals surface area contributed by atoms with Gasteiger partial charge in [0.25, 0.3) is 0 Å². The average molecular weight is 371 g/mol. The number of carbonyl (C=O) groups is 2. The molecule has 0 radical (unpaired) electrons. The van der Waals surface area contributed by atoms with E-state index in [2.05, 4.69) is 20.8 Å². The van der Waals surface area contributed by atoms with Gasteiger partial charge in [-0.15, -0.1) is 0 Å². The summed E-state index contributed by atoms with van der Waals surface area (Å²) in [5.41, 5.74) is 1.63. The maximum absolute atomic E-state index is 12.6. The molecule has 0 saturated heterocycles. The second-order valence-electron chi connectivity index (χ2n) is 10.5. The van der Waals surface area contributed by atoms with Gasteiger partial charge in [0.05, 0.1) is 0 Å². The van der Waals surface area contributed by atoms with Crippen LogP contribution in [0.3, 0.4) is 0 Å². The lowest BCUT2D eigenvalue weighted by molar-refractivity contribution is -0.134. The van der Waals surface area contributed by atoms with Gasteiger partial charge < -0.3 is 0 Å². The van der Waals surface area contributed by atoms with E-state index in [4.69, 9.17) is 0 Å². The molecule has 4 rings (SSSR count). The van der Waals surface area contributed by atoms with Crippen molar-refractivity contribution in [3.05, 3.63) is 11.6 Å². The molecule has 0 heterocycles. The molecule has 0 unspecified atom stereocenters. The minimum absolute atomic E-state index is 0.0418. The second kappa shape index (κ2) is 7.16. The average Bonchev–Trinajstić information content (AvgIpc) is 2.94. The molecule has 0 aromatic heterocycles. The van der Waals surface area contributed by atoms with Gasteiger partial charge in [-0.2, -0.15) is 0 Å². The van der Waals surface area contributed by atoms with Crippen molar-refractivity contribution in [1.29, 1.82) is 0 Å². The Labute approximate surface area is 165 Å². The topological polar surface area (TPSA) is 34.1 Å². The quantitative estimate of drug-likeness (QED) is 0.533. The van der Waals surface area contributed by atoms with Crippen LogP contribution in [-0.4, -0.2) is 11.6 Å². The van der Waals surface area contributed by atoms with Crippen molar-refractivity contribution < 1.29 is 9.59 Å². The molecule has 0 amide bonds. The van der Waals surface area contributed by atoms with E-state index in [1.165, 1.54) is 50.5 Å². The van der Waals surface area contributed by atoms with Crippen molar-refractivity contribution in [3.63, 3.8) is 0 Å². The highest BCUT2D eigenvalue weighted by Gasteiger charge is 2.60. The highest BCUT2D eigenvalue weighted by atomic mass is 16.1. The summed E-state index contributed by atoms with van der Waals surface area (Å²) in [5, 5.41) is 0. The molecule has 4 aliphatic carbocycles. The van der Waals surface area contributed by atoms with Gasteiger partial charge in [-0.25, -0.2) is 0 Å². The normalized spacial score (nSPS) is 43.7. The first-order chi connectivity index (χ1) is 12.9. The molecule has 150 valence electrons. The third-order valence-corrected chi connectivity index (χ3v) is 9.39. The Hall–Kier alpha value is -0.920. The van der Waals surface area contributed by atoms with E-state index in [-0.39, 0.29) is 10.8 Å². The Kier molecular flexibility index (Phi) is 5.14. The molecule has 0 N–H and O–H groups in total. The molecule has 6 atom stereocenters. The Morgan fingerprint density at radius 3 is 2.59 bits per heavy atom. The summed E-state index contributed by atoms with van der Waals surface area (Å²) in [4.78, 5) is 25.1. The van der Waals surface area contributed by atoms with Crippen LogP contribution in [0, 0.1) is 34.5 Å². The van der Waals surface area contributed by atoms with Gasteiger partial charge in [0.2, 0.25) is 0 Å². The van der Waals surface area contributed by atoms with E-state index in [9.17, 15) is 9.59 Å². The number of Topliss-reactive ketones (excluding diaryl/α,β-unsaturated/α-hetero) is 1. The molecular weight excluding hydrogens is 332 g/mol. The zero-order valence-electron chi connectivity index (χ0n) is 17.7. The molecule has 2 nitrogen and oxygen atoms in total. The number of fused-ring (bicyclic) bond motifs is 5. The van der Waals surface area contributed by atoms with Gasteiger partial charge in [-0.3, -0.25) is 9.59 Å². The molecule has 0 aliphatic heterocycles. The Bertz CT molecular complexity index is 647. The van der Waals surface area contributed by atoms with Crippen LogP contribution in [0.15, 0.2) is 11.6 Å². The van der Waals surface area contributed by atoms with Gasteiger partial charge in [0.15, 0.2) is 5.78 Å². The lowest BCUT2D eigenvalue weighted by Gasteiger charge is -2.59. The van der Waals surface area contributed by atoms with Gasteiger partial charge in [-0.1, -0.05) is 52.0 Å². The summed E-state index contributed by atoms with van der Waals surface area (Å²) < 4.78 is 0. The summed E-state index contributed by atoms with van der Waals surface area (Å²) in [6.45, 7) is 7.04. The molecule has 0 aromatic rings. The van der Waals surface area contributed by atoms with Crippen molar-refractivity contribution >= 4 is 11.6 Å². The molecule has 2 heteroatoms. The Morgan fingerprint density at radius 2 is 1.81 bits per heavy atom. The first kappa shape index (κ1) is 19.4. The largest absolute Gasteiger partial charge is 0.299 e. The van der Waals surface area contributed by atoms with Crippen molar-refractivity contribution in [3.8, 4) is 0 Å². The fourth-order valence-corrected chi connectivity index (χ4v) is 7.76. The molecule has 27 heavy (non-hydrogen) atoms. The number of hydrogen-bond acceptors (Lipinski definition) is 2. The molecule has 0 bridgehead atoms. The smallest absolute Gasteiger partial charge is 0.155 e. The maximum Gasteiger partial charge on any atom is 0.155 e. The summed E-state index contributed by atoms with van der Waals surface area (Å²) in [6, 6.07) is 0. The maximum atomic E-state index is 12.6. The Morgan fingerprint density at radius 1 is 1.00 bits per heavy atom. The van der Waals surface area contributed by atoms with E-state index in [0.717, 1.165) is 32.1 Å². The first-order valence-electron chi connectivity index (χ1n) is 11.7. The monoisotopic (exact) mass is 370 g/mol. The number of allylic oxidation sites excluding steroid dienone is 1. The molecule has 0 spiro atoms. The fraction of sp³-hybridized carbons (Fsp3) is 0.840. The van der Waals surface area contributed by atoms with Crippen LogP contribution in [0.5, 0.6) is 0 Å². The standard InChI is InChI=1S/C25H38O2/c1-4-5-6-7-8-17-15-19(26)16-18-9-10-20-21-11-12-23(27)24(21,2)14-13-22(20)25(17,18)3/h16-17,20-22H,4-15H2,1-3H3/t17-,20+,21+,22+,24+,25+/m1/s1. The highest BCUT2D eigenvalue weighted by molar-refractivity contribution is 5.92. The number of rotatable bonds is 5. The van der Waals surface area contributed by atoms with Crippen molar-refractivity contribution in [2.45, 2.75) is 97.8 Å². The van der Waals surface area contributed by atoms with Gasteiger partial charge >= 0.3 is 0 Å². The summed E-state index contributed by atoms with van der Waals surface area (Å²) in [7, 11) is 0. The molecule has 4 aliphatic rings. The third kappa shape index (κ3) is 2.97. The minimum Gasteiger partial charge on any atom is -0.299 e. The van der Waals surface area contributed by atoms with E-state index in [0.29, 0.717) is 35.2 Å². The fourth-order valence-electron chi connectivity index (χ4n) is 7.76. The predicted octanol–water partition coefficient (Wildman–Crippen LogP) is 6.28. The zero-order valence-corrected chi connectivity index (χ0v) is 17.7. The predicted molar refractivity (Wildman–Crippen MR) is 109 cm³/mol. The van der Waals surface area contributed by atoms with Gasteiger partial charge in [0.1, 0.15) is 5.78 Å². The highest BCUT2D eigenvalue weighted by Crippen LogP contribution is 2.66. The summed E-state index contributed by atoms with van der Waals surface area (Å²) >= 11 is 0. The number of hydrogen-bond donors (Lipinski definition) is 0. The number of unbranched alkanes of at least 4 members (excludes halogenated alkanes) is 3. The minimum atomic E-state index is -0.0418. The van der Waals surface area contributed by atoms with Crippen LogP contribution >= 0.6 is 0 Å². The number of ketones is 2. The molecule has 3 saturated carbocycles. The van der Waals surface area contributed by atoms with E-state index in [1.54, 1.807) is 0 Å². The summed E-state index contributed by atoms with van der Waals surface area (Å²) in [5.74, 6) is 3.41. The van der Waals surface area contributed by atoms with Crippen LogP contribution in [0.2, 0.25) is 0 Å². The van der Waals surface area contributed by atoms with E-state index in [1.807, 2.05) is 6.08 Å². The molecule has 3 fully saturated rings. The summed E-state index contributed by atoms with van der Waals surface area (Å²) in [6.07, 6.45) is 15.7. The molecule has 0 aromatic carbocycles. The van der Waals surface area contributed by atoms with Gasteiger partial charge in [0, 0.05) is 18.3 Å². The van der Waals surface area contributed by atoms with E-state index < -0.39 is 0 Å². The van der Waals surface area contributed by atoms with Crippen LogP contribution in [0.4, 0.5) is 0 Å². The molecular formula is C25H38O2. The Balaban J connectivity index is 1.61. The zero-order chi connectivity index (χ0) is 19.2. The van der Waals surface area contributed by atoms with Gasteiger partial charge in [-0.05, 0) is 73.7 Å². The van der Waals surface area contributed by atoms with Crippen molar-refractivity contribution in [1.82, 2.24) is 0 Å². The van der Waals surface area contributed by atoms with Crippen LogP contribution in [0.1, 0.15) is 97.8 Å². The van der Waals surface area contributed by atoms with Crippen LogP contribution < -0.4 is 0 Å². The second-order valence-corrected chi connectivity index (χ2v) is 10.5. The van der Waals surface area contributed by atoms with Crippen LogP contribution in [-0.2, 0) is 9.59 Å². The van der Waals surface area contributed by atoms with Crippen LogP contribution in [0.25, 0.3) is 0 Å². The lowest BCUT2D eigenvalue weighted by Crippen LogP contribution is -2.53. The van der Waals surface area contributed by atoms with E-state index >= 15 is 0 Å².